The van der Waals surface area contributed by atoms with Gasteiger partial charge in [0.05, 0.1) is 30.5 Å². The summed E-state index contributed by atoms with van der Waals surface area (Å²) in [6.07, 6.45) is 15.1. The Morgan fingerprint density at radius 2 is 2.04 bits per heavy atom. The molecule has 3 rings (SSSR count). The van der Waals surface area contributed by atoms with Gasteiger partial charge in [-0.15, -0.1) is 0 Å². The molecule has 2 N–H and O–H groups in total. The summed E-state index contributed by atoms with van der Waals surface area (Å²) in [5.41, 5.74) is 0. The molecule has 3 aliphatic heterocycles. The molecule has 3 saturated heterocycles. The molecule has 0 aliphatic carbocycles. The van der Waals surface area contributed by atoms with Gasteiger partial charge in [0.15, 0.2) is 0 Å². The summed E-state index contributed by atoms with van der Waals surface area (Å²) >= 11 is 0. The molecule has 0 spiro atoms. The predicted molar refractivity (Wildman–Crippen MR) is 98.8 cm³/mol. The first-order valence-corrected chi connectivity index (χ1v) is 10.1. The molecule has 2 bridgehead atoms. The molecule has 5 nitrogen and oxygen atoms in total. The molecule has 5 heteroatoms. The van der Waals surface area contributed by atoms with E-state index >= 15 is 0 Å². The first-order chi connectivity index (χ1) is 12.6. The number of carbonyl (C=O) groups is 1. The summed E-state index contributed by atoms with van der Waals surface area (Å²) in [6, 6.07) is 0. The molecule has 0 amide bonds. The molecule has 26 heavy (non-hydrogen) atoms. The van der Waals surface area contributed by atoms with Crippen molar-refractivity contribution in [2.45, 2.75) is 88.8 Å². The topological polar surface area (TPSA) is 76.0 Å². The highest BCUT2D eigenvalue weighted by atomic mass is 16.6. The van der Waals surface area contributed by atoms with Gasteiger partial charge in [-0.05, 0) is 25.2 Å². The Morgan fingerprint density at radius 1 is 1.19 bits per heavy atom. The van der Waals surface area contributed by atoms with E-state index in [-0.39, 0.29) is 36.9 Å². The fourth-order valence-corrected chi connectivity index (χ4v) is 4.60. The Hall–Kier alpha value is -1.17. The molecular formula is C21H32O5. The van der Waals surface area contributed by atoms with Crippen LogP contribution in [0.2, 0.25) is 0 Å². The zero-order chi connectivity index (χ0) is 18.5. The minimum Gasteiger partial charge on any atom is -0.481 e. The quantitative estimate of drug-likeness (QED) is 0.459. The average Bonchev–Trinajstić information content (AvgIpc) is 3.16. The van der Waals surface area contributed by atoms with Crippen molar-refractivity contribution in [3.8, 4) is 0 Å². The molecule has 0 aromatic carbocycles. The number of carboxylic acid groups (broad SMARTS) is 1. The lowest BCUT2D eigenvalue weighted by molar-refractivity contribution is -0.136. The minimum absolute atomic E-state index is 0.0445. The second-order valence-corrected chi connectivity index (χ2v) is 7.87. The Morgan fingerprint density at radius 3 is 2.81 bits per heavy atom. The van der Waals surface area contributed by atoms with Gasteiger partial charge in [0.1, 0.15) is 0 Å². The van der Waals surface area contributed by atoms with Crippen molar-refractivity contribution >= 4 is 5.97 Å². The number of allylic oxidation sites excluding steroid dienone is 1. The van der Waals surface area contributed by atoms with E-state index < -0.39 is 5.97 Å². The molecule has 3 fully saturated rings. The zero-order valence-corrected chi connectivity index (χ0v) is 15.6. The van der Waals surface area contributed by atoms with Crippen LogP contribution in [0.3, 0.4) is 0 Å². The van der Waals surface area contributed by atoms with Crippen LogP contribution in [0.25, 0.3) is 0 Å². The van der Waals surface area contributed by atoms with Crippen molar-refractivity contribution in [1.82, 2.24) is 0 Å². The number of carboxylic acids is 1. The lowest BCUT2D eigenvalue weighted by atomic mass is 9.73. The van der Waals surface area contributed by atoms with Crippen molar-refractivity contribution in [3.05, 3.63) is 24.3 Å². The highest BCUT2D eigenvalue weighted by molar-refractivity contribution is 5.66. The Kier molecular flexibility index (Phi) is 6.90. The molecule has 0 radical (unpaired) electrons. The minimum atomic E-state index is -0.770. The van der Waals surface area contributed by atoms with Crippen LogP contribution in [0.4, 0.5) is 0 Å². The Labute approximate surface area is 156 Å². The molecule has 0 saturated carbocycles. The molecule has 146 valence electrons. The monoisotopic (exact) mass is 364 g/mol. The first kappa shape index (κ1) is 19.6. The summed E-state index contributed by atoms with van der Waals surface area (Å²) in [6.45, 7) is 2.17. The first-order valence-electron chi connectivity index (χ1n) is 10.1. The lowest BCUT2D eigenvalue weighted by Gasteiger charge is -2.39. The third kappa shape index (κ3) is 4.76. The zero-order valence-electron chi connectivity index (χ0n) is 15.6. The molecule has 0 unspecified atom stereocenters. The largest absolute Gasteiger partial charge is 0.481 e. The molecule has 3 aliphatic rings. The second kappa shape index (κ2) is 9.16. The molecular weight excluding hydrogens is 332 g/mol. The van der Waals surface area contributed by atoms with Crippen molar-refractivity contribution in [1.29, 1.82) is 0 Å². The van der Waals surface area contributed by atoms with Crippen molar-refractivity contribution in [2.24, 2.45) is 11.8 Å². The number of aliphatic hydroxyl groups excluding tert-OH is 1. The van der Waals surface area contributed by atoms with E-state index in [0.717, 1.165) is 25.7 Å². The van der Waals surface area contributed by atoms with Crippen LogP contribution < -0.4 is 0 Å². The number of unbranched alkanes of at least 4 members (excludes halogenated alkanes) is 2. The Balaban J connectivity index is 1.53. The maximum absolute atomic E-state index is 10.6. The SMILES string of the molecule is CCCCC[C@@H](O)/C=C/[C@H]1[C@H]2C[C@H](/C=C/CCC(=O)O)O[C@H]3C[C@@H]1O[C@@H]23. The second-order valence-electron chi connectivity index (χ2n) is 7.87. The van der Waals surface area contributed by atoms with Crippen molar-refractivity contribution in [3.63, 3.8) is 0 Å². The van der Waals surface area contributed by atoms with Gasteiger partial charge < -0.3 is 19.7 Å². The van der Waals surface area contributed by atoms with Gasteiger partial charge in [0.2, 0.25) is 0 Å². The van der Waals surface area contributed by atoms with Gasteiger partial charge in [-0.3, -0.25) is 4.79 Å². The number of ether oxygens (including phenoxy) is 2. The molecule has 0 aromatic heterocycles. The van der Waals surface area contributed by atoms with E-state index in [1.807, 2.05) is 18.2 Å². The summed E-state index contributed by atoms with van der Waals surface area (Å²) in [5.74, 6) is 0.0182. The number of hydrogen-bond donors (Lipinski definition) is 2. The van der Waals surface area contributed by atoms with Gasteiger partial charge in [0.25, 0.3) is 0 Å². The van der Waals surface area contributed by atoms with Crippen LogP contribution in [-0.4, -0.2) is 46.7 Å². The molecule has 7 atom stereocenters. The predicted octanol–water partition coefficient (Wildman–Crippen LogP) is 3.47. The number of aliphatic carboxylic acids is 1. The standard InChI is InChI=1S/C21H32O5/c1-2-3-4-7-14(22)10-11-16-17-12-15(8-5-6-9-20(23)24)25-19-13-18(16)26-21(17)19/h5,8,10-11,14-19,21-22H,2-4,6-7,9,12-13H2,1H3,(H,23,24)/b8-5+,11-10+/t14-,15+,16+,17-,18+,19+,21+/m1/s1. The smallest absolute Gasteiger partial charge is 0.303 e. The maximum Gasteiger partial charge on any atom is 0.303 e. The van der Waals surface area contributed by atoms with Crippen molar-refractivity contribution < 1.29 is 24.5 Å². The van der Waals surface area contributed by atoms with Crippen LogP contribution in [0.1, 0.15) is 58.3 Å². The van der Waals surface area contributed by atoms with Crippen molar-refractivity contribution in [2.75, 3.05) is 0 Å². The van der Waals surface area contributed by atoms with Crippen LogP contribution >= 0.6 is 0 Å². The van der Waals surface area contributed by atoms with E-state index in [4.69, 9.17) is 14.6 Å². The van der Waals surface area contributed by atoms with E-state index in [9.17, 15) is 9.90 Å². The van der Waals surface area contributed by atoms with Crippen LogP contribution in [0.15, 0.2) is 24.3 Å². The average molecular weight is 364 g/mol. The summed E-state index contributed by atoms with van der Waals surface area (Å²) in [5, 5.41) is 18.9. The van der Waals surface area contributed by atoms with Crippen LogP contribution in [0, 0.1) is 11.8 Å². The third-order valence-electron chi connectivity index (χ3n) is 5.90. The van der Waals surface area contributed by atoms with Gasteiger partial charge in [-0.2, -0.15) is 0 Å². The number of hydrogen-bond acceptors (Lipinski definition) is 4. The van der Waals surface area contributed by atoms with Crippen LogP contribution in [-0.2, 0) is 14.3 Å². The highest BCUT2D eigenvalue weighted by Crippen LogP contribution is 2.50. The maximum atomic E-state index is 10.6. The molecule has 0 aromatic rings. The summed E-state index contributed by atoms with van der Waals surface area (Å²) < 4.78 is 12.3. The van der Waals surface area contributed by atoms with Gasteiger partial charge >= 0.3 is 5.97 Å². The van der Waals surface area contributed by atoms with E-state index in [2.05, 4.69) is 13.0 Å². The fraction of sp³-hybridized carbons (Fsp3) is 0.762. The van der Waals surface area contributed by atoms with Gasteiger partial charge in [0, 0.05) is 18.8 Å². The number of rotatable bonds is 10. The van der Waals surface area contributed by atoms with Gasteiger partial charge in [-0.25, -0.2) is 0 Å². The van der Waals surface area contributed by atoms with E-state index in [1.165, 1.54) is 12.8 Å². The summed E-state index contributed by atoms with van der Waals surface area (Å²) in [4.78, 5) is 10.6. The third-order valence-corrected chi connectivity index (χ3v) is 5.90. The normalized spacial score (nSPS) is 37.0. The molecule has 3 heterocycles. The lowest BCUT2D eigenvalue weighted by Crippen LogP contribution is -2.45. The highest BCUT2D eigenvalue weighted by Gasteiger charge is 2.56. The summed E-state index contributed by atoms with van der Waals surface area (Å²) in [7, 11) is 0. The van der Waals surface area contributed by atoms with E-state index in [1.54, 1.807) is 0 Å². The van der Waals surface area contributed by atoms with Crippen LogP contribution in [0.5, 0.6) is 0 Å². The van der Waals surface area contributed by atoms with Gasteiger partial charge in [-0.1, -0.05) is 50.5 Å². The number of aliphatic hydroxyl groups is 1. The number of fused-ring (bicyclic) bond motifs is 1. The fourth-order valence-electron chi connectivity index (χ4n) is 4.60. The van der Waals surface area contributed by atoms with E-state index in [0.29, 0.717) is 18.3 Å². The Bertz CT molecular complexity index is 528.